The lowest BCUT2D eigenvalue weighted by molar-refractivity contribution is -0.297. The first-order valence-electron chi connectivity index (χ1n) is 16.3. The fourth-order valence-corrected chi connectivity index (χ4v) is 5.71. The zero-order valence-electron chi connectivity index (χ0n) is 29.3. The first-order valence-corrected chi connectivity index (χ1v) is 19.2. The third-order valence-electron chi connectivity index (χ3n) is 8.53. The van der Waals surface area contributed by atoms with E-state index in [9.17, 15) is 14.4 Å². The van der Waals surface area contributed by atoms with Crippen LogP contribution in [0.4, 0.5) is 14.4 Å². The summed E-state index contributed by atoms with van der Waals surface area (Å²) in [7, 11) is -1.04. The summed E-state index contributed by atoms with van der Waals surface area (Å²) in [6.45, 7) is 9.98. The predicted octanol–water partition coefficient (Wildman–Crippen LogP) is 7.55. The van der Waals surface area contributed by atoms with Crippen molar-refractivity contribution in [1.82, 2.24) is 0 Å². The van der Waals surface area contributed by atoms with Gasteiger partial charge in [-0.25, -0.2) is 14.4 Å². The maximum absolute atomic E-state index is 13.2. The molecule has 1 saturated heterocycles. The number of methoxy groups -OCH3 is 1. The third kappa shape index (κ3) is 11.3. The van der Waals surface area contributed by atoms with Crippen LogP contribution in [0.25, 0.3) is 0 Å². The molecule has 0 N–H and O–H groups in total. The third-order valence-corrected chi connectivity index (χ3v) is 13.0. The molecule has 1 aliphatic heterocycles. The summed E-state index contributed by atoms with van der Waals surface area (Å²) in [5.41, 5.74) is 2.15. The van der Waals surface area contributed by atoms with E-state index in [1.54, 1.807) is 60.7 Å². The number of benzene rings is 3. The molecular formula is C37H46O12Si. The van der Waals surface area contributed by atoms with Gasteiger partial charge in [0.15, 0.2) is 32.9 Å². The summed E-state index contributed by atoms with van der Waals surface area (Å²) in [6, 6.07) is 27.0. The van der Waals surface area contributed by atoms with Gasteiger partial charge >= 0.3 is 18.5 Å². The van der Waals surface area contributed by atoms with Crippen LogP contribution in [-0.2, 0) is 62.1 Å². The summed E-state index contributed by atoms with van der Waals surface area (Å²) >= 11 is 0. The molecule has 1 aliphatic rings. The summed E-state index contributed by atoms with van der Waals surface area (Å²) in [5, 5.41) is -0.168. The molecule has 13 heteroatoms. The van der Waals surface area contributed by atoms with Crippen LogP contribution in [0.2, 0.25) is 18.1 Å². The van der Waals surface area contributed by atoms with Crippen molar-refractivity contribution in [3.8, 4) is 0 Å². The maximum Gasteiger partial charge on any atom is 0.509 e. The lowest BCUT2D eigenvalue weighted by Crippen LogP contribution is -2.63. The van der Waals surface area contributed by atoms with Gasteiger partial charge in [-0.05, 0) is 34.8 Å². The Bertz CT molecular complexity index is 1500. The highest BCUT2D eigenvalue weighted by Crippen LogP contribution is 2.38. The molecule has 0 aromatic heterocycles. The van der Waals surface area contributed by atoms with Crippen molar-refractivity contribution in [1.29, 1.82) is 0 Å². The predicted molar refractivity (Wildman–Crippen MR) is 183 cm³/mol. The Kier molecular flexibility index (Phi) is 13.8. The first-order chi connectivity index (χ1) is 23.9. The van der Waals surface area contributed by atoms with E-state index in [4.69, 9.17) is 42.3 Å². The minimum Gasteiger partial charge on any atom is -0.429 e. The monoisotopic (exact) mass is 710 g/mol. The van der Waals surface area contributed by atoms with Crippen molar-refractivity contribution >= 4 is 26.8 Å². The van der Waals surface area contributed by atoms with Gasteiger partial charge in [-0.2, -0.15) is 0 Å². The number of rotatable bonds is 13. The zero-order chi connectivity index (χ0) is 36.1. The number of carbonyl (C=O) groups is 3. The Hall–Kier alpha value is -4.43. The van der Waals surface area contributed by atoms with Crippen LogP contribution in [0.5, 0.6) is 0 Å². The summed E-state index contributed by atoms with van der Waals surface area (Å²) in [5.74, 6) is 0. The lowest BCUT2D eigenvalue weighted by atomic mass is 9.98. The van der Waals surface area contributed by atoms with Crippen LogP contribution in [0.15, 0.2) is 91.0 Å². The highest BCUT2D eigenvalue weighted by Gasteiger charge is 2.54. The topological polar surface area (TPSA) is 134 Å². The van der Waals surface area contributed by atoms with Gasteiger partial charge in [0, 0.05) is 7.11 Å². The van der Waals surface area contributed by atoms with Crippen LogP contribution >= 0.6 is 0 Å². The molecule has 1 fully saturated rings. The Morgan fingerprint density at radius 2 is 1.00 bits per heavy atom. The van der Waals surface area contributed by atoms with Crippen LogP contribution in [0, 0.1) is 0 Å². The van der Waals surface area contributed by atoms with E-state index in [1.807, 2.05) is 30.3 Å². The molecule has 5 atom stereocenters. The molecular weight excluding hydrogens is 664 g/mol. The Morgan fingerprint density at radius 3 is 1.38 bits per heavy atom. The van der Waals surface area contributed by atoms with E-state index >= 15 is 0 Å². The van der Waals surface area contributed by atoms with Gasteiger partial charge in [0.1, 0.15) is 25.9 Å². The minimum absolute atomic E-state index is 0.0723. The van der Waals surface area contributed by atoms with Gasteiger partial charge in [0.2, 0.25) is 0 Å². The molecule has 12 nitrogen and oxygen atoms in total. The summed E-state index contributed by atoms with van der Waals surface area (Å²) in [6.07, 6.45) is -10.0. The number of hydrogen-bond donors (Lipinski definition) is 0. The van der Waals surface area contributed by atoms with Crippen LogP contribution in [-0.4, -0.2) is 71.2 Å². The molecule has 0 bridgehead atoms. The van der Waals surface area contributed by atoms with Crippen molar-refractivity contribution < 1.29 is 56.7 Å². The first kappa shape index (κ1) is 38.4. The smallest absolute Gasteiger partial charge is 0.429 e. The summed E-state index contributed by atoms with van der Waals surface area (Å²) in [4.78, 5) is 39.5. The van der Waals surface area contributed by atoms with Gasteiger partial charge < -0.3 is 42.3 Å². The second-order valence-electron chi connectivity index (χ2n) is 13.2. The van der Waals surface area contributed by atoms with Crippen LogP contribution < -0.4 is 0 Å². The molecule has 0 saturated carbocycles. The van der Waals surface area contributed by atoms with E-state index in [1.165, 1.54) is 7.11 Å². The largest absolute Gasteiger partial charge is 0.509 e. The fraction of sp³-hybridized carbons (Fsp3) is 0.432. The number of ether oxygens (including phenoxy) is 8. The highest BCUT2D eigenvalue weighted by atomic mass is 28.4. The molecule has 0 aliphatic carbocycles. The minimum atomic E-state index is -2.37. The fourth-order valence-electron chi connectivity index (χ4n) is 4.70. The summed E-state index contributed by atoms with van der Waals surface area (Å²) < 4.78 is 51.7. The number of hydrogen-bond acceptors (Lipinski definition) is 12. The van der Waals surface area contributed by atoms with E-state index in [0.717, 1.165) is 11.1 Å². The lowest BCUT2D eigenvalue weighted by Gasteiger charge is -2.45. The number of carbonyl (C=O) groups excluding carboxylic acids is 3. The highest BCUT2D eigenvalue weighted by molar-refractivity contribution is 6.74. The molecule has 0 radical (unpaired) electrons. The van der Waals surface area contributed by atoms with Crippen molar-refractivity contribution in [3.05, 3.63) is 108 Å². The Morgan fingerprint density at radius 1 is 0.620 bits per heavy atom. The molecule has 0 unspecified atom stereocenters. The average Bonchev–Trinajstić information content (AvgIpc) is 3.10. The van der Waals surface area contributed by atoms with E-state index in [-0.39, 0.29) is 31.5 Å². The van der Waals surface area contributed by atoms with E-state index in [2.05, 4.69) is 33.9 Å². The molecule has 0 spiro atoms. The van der Waals surface area contributed by atoms with Gasteiger partial charge in [0.05, 0.1) is 6.61 Å². The molecule has 50 heavy (non-hydrogen) atoms. The standard InChI is InChI=1S/C37H46O12Si/c1-37(2,3)50(5,6)45-25-29-30(47-34(38)42-22-26-16-10-7-11-17-26)31(48-35(39)43-23-27-18-12-8-13-19-27)32(33(41-4)46-29)49-36(40)44-24-28-20-14-9-15-21-28/h7-21,29-33H,22-25H2,1-6H3/t29-,30-,31+,32+,33+/m1/s1. The second kappa shape index (κ2) is 18.0. The van der Waals surface area contributed by atoms with Crippen molar-refractivity contribution in [3.63, 3.8) is 0 Å². The Labute approximate surface area is 293 Å². The van der Waals surface area contributed by atoms with Crippen LogP contribution in [0.1, 0.15) is 37.5 Å². The molecule has 3 aromatic rings. The van der Waals surface area contributed by atoms with Crippen molar-refractivity contribution in [2.24, 2.45) is 0 Å². The quantitative estimate of drug-likeness (QED) is 0.0985. The average molecular weight is 711 g/mol. The molecule has 0 amide bonds. The Balaban J connectivity index is 1.61. The van der Waals surface area contributed by atoms with Gasteiger partial charge in [-0.3, -0.25) is 0 Å². The van der Waals surface area contributed by atoms with E-state index < -0.39 is 57.5 Å². The molecule has 270 valence electrons. The maximum atomic E-state index is 13.2. The second-order valence-corrected chi connectivity index (χ2v) is 18.0. The normalized spacial score (nSPS) is 20.6. The molecule has 4 rings (SSSR count). The molecule has 1 heterocycles. The SMILES string of the molecule is CO[C@H]1O[C@H](CO[Si](C)(C)C(C)(C)C)[C@@H](OC(=O)OCc2ccccc2)[C@H](OC(=O)OCc2ccccc2)[C@@H]1OC(=O)OCc1ccccc1. The van der Waals surface area contributed by atoms with Gasteiger partial charge in [-0.1, -0.05) is 112 Å². The van der Waals surface area contributed by atoms with Crippen LogP contribution in [0.3, 0.4) is 0 Å². The van der Waals surface area contributed by atoms with Crippen molar-refractivity contribution in [2.75, 3.05) is 13.7 Å². The van der Waals surface area contributed by atoms with E-state index in [0.29, 0.717) is 5.56 Å². The van der Waals surface area contributed by atoms with Gasteiger partial charge in [-0.15, -0.1) is 0 Å². The van der Waals surface area contributed by atoms with Crippen molar-refractivity contribution in [2.45, 2.75) is 89.4 Å². The zero-order valence-corrected chi connectivity index (χ0v) is 30.3. The van der Waals surface area contributed by atoms with Gasteiger partial charge in [0.25, 0.3) is 0 Å². The molecule has 3 aromatic carbocycles.